The molecule has 0 aromatic rings. The van der Waals surface area contributed by atoms with Crippen LogP contribution < -0.4 is 5.32 Å². The van der Waals surface area contributed by atoms with Gasteiger partial charge in [0, 0.05) is 6.04 Å². The van der Waals surface area contributed by atoms with Gasteiger partial charge in [-0.1, -0.05) is 34.6 Å². The van der Waals surface area contributed by atoms with E-state index in [1.54, 1.807) is 0 Å². The zero-order chi connectivity index (χ0) is 12.3. The summed E-state index contributed by atoms with van der Waals surface area (Å²) in [5, 5.41) is 3.53. The first-order chi connectivity index (χ1) is 7.34. The van der Waals surface area contributed by atoms with Crippen molar-refractivity contribution in [1.29, 1.82) is 0 Å². The summed E-state index contributed by atoms with van der Waals surface area (Å²) in [6.07, 6.45) is 5.59. The van der Waals surface area contributed by atoms with Gasteiger partial charge in [0.1, 0.15) is 0 Å². The van der Waals surface area contributed by atoms with Crippen LogP contribution in [0.2, 0.25) is 0 Å². The Morgan fingerprint density at radius 1 is 1.19 bits per heavy atom. The molecule has 16 heavy (non-hydrogen) atoms. The number of nitrogens with one attached hydrogen (secondary N) is 1. The molecular formula is C15H31N. The van der Waals surface area contributed by atoms with Gasteiger partial charge in [0.05, 0.1) is 0 Å². The quantitative estimate of drug-likeness (QED) is 0.763. The van der Waals surface area contributed by atoms with Crippen molar-refractivity contribution < 1.29 is 0 Å². The van der Waals surface area contributed by atoms with E-state index in [-0.39, 0.29) is 0 Å². The minimum Gasteiger partial charge on any atom is -0.317 e. The third kappa shape index (κ3) is 3.76. The van der Waals surface area contributed by atoms with Gasteiger partial charge in [-0.2, -0.15) is 0 Å². The fourth-order valence-corrected chi connectivity index (χ4v) is 3.30. The standard InChI is InChI=1S/C15H31N/c1-11(2)9-12-10-13(15(3,4)5)7-8-14(12)16-6/h11-14,16H,7-10H2,1-6H3. The van der Waals surface area contributed by atoms with Gasteiger partial charge in [-0.15, -0.1) is 0 Å². The maximum absolute atomic E-state index is 3.53. The van der Waals surface area contributed by atoms with E-state index in [2.05, 4.69) is 47.0 Å². The summed E-state index contributed by atoms with van der Waals surface area (Å²) in [7, 11) is 2.13. The van der Waals surface area contributed by atoms with Gasteiger partial charge >= 0.3 is 0 Å². The second kappa shape index (κ2) is 5.53. The minimum atomic E-state index is 0.494. The molecular weight excluding hydrogens is 194 g/mol. The van der Waals surface area contributed by atoms with Crippen molar-refractivity contribution in [3.05, 3.63) is 0 Å². The summed E-state index contributed by atoms with van der Waals surface area (Å²) in [4.78, 5) is 0. The lowest BCUT2D eigenvalue weighted by Crippen LogP contribution is -2.41. The van der Waals surface area contributed by atoms with Crippen molar-refractivity contribution in [3.8, 4) is 0 Å². The van der Waals surface area contributed by atoms with Crippen molar-refractivity contribution in [2.24, 2.45) is 23.2 Å². The minimum absolute atomic E-state index is 0.494. The van der Waals surface area contributed by atoms with Gasteiger partial charge in [0.15, 0.2) is 0 Å². The average molecular weight is 225 g/mol. The molecule has 3 atom stereocenters. The van der Waals surface area contributed by atoms with Crippen LogP contribution in [0.3, 0.4) is 0 Å². The van der Waals surface area contributed by atoms with Gasteiger partial charge < -0.3 is 5.32 Å². The topological polar surface area (TPSA) is 12.0 Å². The molecule has 1 fully saturated rings. The Kier molecular flexibility index (Phi) is 4.85. The van der Waals surface area contributed by atoms with E-state index in [0.29, 0.717) is 5.41 Å². The van der Waals surface area contributed by atoms with Gasteiger partial charge in [-0.3, -0.25) is 0 Å². The molecule has 1 N–H and O–H groups in total. The fourth-order valence-electron chi connectivity index (χ4n) is 3.30. The molecule has 0 aliphatic heterocycles. The van der Waals surface area contributed by atoms with Gasteiger partial charge in [-0.05, 0) is 55.9 Å². The molecule has 0 heterocycles. The summed E-state index contributed by atoms with van der Waals surface area (Å²) in [6, 6.07) is 0.765. The Morgan fingerprint density at radius 3 is 2.25 bits per heavy atom. The van der Waals surface area contributed by atoms with Gasteiger partial charge in [0.2, 0.25) is 0 Å². The molecule has 1 rings (SSSR count). The molecule has 0 spiro atoms. The SMILES string of the molecule is CNC1CCC(C(C)(C)C)CC1CC(C)C. The summed E-state index contributed by atoms with van der Waals surface area (Å²) >= 11 is 0. The van der Waals surface area contributed by atoms with Crippen LogP contribution in [0, 0.1) is 23.2 Å². The maximum Gasteiger partial charge on any atom is 0.00926 e. The third-order valence-electron chi connectivity index (χ3n) is 4.35. The number of hydrogen-bond donors (Lipinski definition) is 1. The lowest BCUT2D eigenvalue weighted by Gasteiger charge is -2.42. The van der Waals surface area contributed by atoms with Crippen LogP contribution in [-0.4, -0.2) is 13.1 Å². The second-order valence-electron chi connectivity index (χ2n) is 7.16. The Bertz CT molecular complexity index is 202. The Morgan fingerprint density at radius 2 is 1.81 bits per heavy atom. The van der Waals surface area contributed by atoms with Gasteiger partial charge in [-0.25, -0.2) is 0 Å². The Labute approximate surface area is 102 Å². The third-order valence-corrected chi connectivity index (χ3v) is 4.35. The van der Waals surface area contributed by atoms with Crippen LogP contribution in [0.5, 0.6) is 0 Å². The van der Waals surface area contributed by atoms with Crippen LogP contribution in [0.4, 0.5) is 0 Å². The predicted molar refractivity (Wildman–Crippen MR) is 72.6 cm³/mol. The van der Waals surface area contributed by atoms with Crippen LogP contribution in [0.15, 0.2) is 0 Å². The average Bonchev–Trinajstić information content (AvgIpc) is 2.15. The molecule has 96 valence electrons. The van der Waals surface area contributed by atoms with E-state index in [0.717, 1.165) is 23.8 Å². The van der Waals surface area contributed by atoms with Crippen LogP contribution in [0.1, 0.15) is 60.3 Å². The zero-order valence-corrected chi connectivity index (χ0v) is 12.1. The monoisotopic (exact) mass is 225 g/mol. The molecule has 0 amide bonds. The van der Waals surface area contributed by atoms with Crippen LogP contribution in [-0.2, 0) is 0 Å². The normalized spacial score (nSPS) is 32.1. The predicted octanol–water partition coefficient (Wildman–Crippen LogP) is 4.08. The molecule has 1 aliphatic rings. The number of hydrogen-bond acceptors (Lipinski definition) is 1. The fraction of sp³-hybridized carbons (Fsp3) is 1.00. The highest BCUT2D eigenvalue weighted by molar-refractivity contribution is 4.88. The van der Waals surface area contributed by atoms with Crippen molar-refractivity contribution in [2.45, 2.75) is 66.3 Å². The molecule has 0 aromatic heterocycles. The molecule has 0 bridgehead atoms. The first-order valence-electron chi connectivity index (χ1n) is 7.01. The highest BCUT2D eigenvalue weighted by Crippen LogP contribution is 2.42. The van der Waals surface area contributed by atoms with Crippen LogP contribution >= 0.6 is 0 Å². The van der Waals surface area contributed by atoms with Crippen molar-refractivity contribution in [2.75, 3.05) is 7.05 Å². The van der Waals surface area contributed by atoms with Crippen molar-refractivity contribution in [3.63, 3.8) is 0 Å². The first-order valence-corrected chi connectivity index (χ1v) is 7.01. The summed E-state index contributed by atoms with van der Waals surface area (Å²) in [5.74, 6) is 2.64. The highest BCUT2D eigenvalue weighted by Gasteiger charge is 2.35. The summed E-state index contributed by atoms with van der Waals surface area (Å²) < 4.78 is 0. The lowest BCUT2D eigenvalue weighted by atomic mass is 9.66. The maximum atomic E-state index is 3.53. The van der Waals surface area contributed by atoms with Crippen LogP contribution in [0.25, 0.3) is 0 Å². The smallest absolute Gasteiger partial charge is 0.00926 e. The molecule has 0 aromatic carbocycles. The molecule has 0 saturated heterocycles. The molecule has 1 heteroatoms. The summed E-state index contributed by atoms with van der Waals surface area (Å²) in [5.41, 5.74) is 0.494. The van der Waals surface area contributed by atoms with E-state index in [4.69, 9.17) is 0 Å². The second-order valence-corrected chi connectivity index (χ2v) is 7.16. The highest BCUT2D eigenvalue weighted by atomic mass is 14.9. The van der Waals surface area contributed by atoms with E-state index >= 15 is 0 Å². The van der Waals surface area contributed by atoms with E-state index in [9.17, 15) is 0 Å². The van der Waals surface area contributed by atoms with E-state index in [1.807, 2.05) is 0 Å². The first kappa shape index (κ1) is 14.0. The Balaban J connectivity index is 2.61. The number of rotatable bonds is 3. The lowest BCUT2D eigenvalue weighted by molar-refractivity contribution is 0.106. The van der Waals surface area contributed by atoms with Gasteiger partial charge in [0.25, 0.3) is 0 Å². The molecule has 1 aliphatic carbocycles. The largest absolute Gasteiger partial charge is 0.317 e. The van der Waals surface area contributed by atoms with Crippen molar-refractivity contribution >= 4 is 0 Å². The zero-order valence-electron chi connectivity index (χ0n) is 12.1. The molecule has 3 unspecified atom stereocenters. The Hall–Kier alpha value is -0.0400. The molecule has 1 saturated carbocycles. The van der Waals surface area contributed by atoms with E-state index in [1.165, 1.54) is 25.7 Å². The van der Waals surface area contributed by atoms with E-state index < -0.39 is 0 Å². The molecule has 1 nitrogen and oxygen atoms in total. The molecule has 0 radical (unpaired) electrons. The summed E-state index contributed by atoms with van der Waals surface area (Å²) in [6.45, 7) is 11.9. The van der Waals surface area contributed by atoms with Crippen molar-refractivity contribution in [1.82, 2.24) is 5.32 Å².